The van der Waals surface area contributed by atoms with Gasteiger partial charge in [-0.05, 0) is 25.3 Å². The van der Waals surface area contributed by atoms with E-state index in [4.69, 9.17) is 11.6 Å². The molecule has 1 saturated heterocycles. The monoisotopic (exact) mass is 296 g/mol. The van der Waals surface area contributed by atoms with Crippen LogP contribution in [0.4, 0.5) is 5.82 Å². The fraction of sp³-hybridized carbons (Fsp3) is 0.733. The van der Waals surface area contributed by atoms with Crippen LogP contribution >= 0.6 is 11.6 Å². The van der Waals surface area contributed by atoms with E-state index in [0.717, 1.165) is 17.9 Å². The van der Waals surface area contributed by atoms with E-state index >= 15 is 0 Å². The quantitative estimate of drug-likeness (QED) is 0.799. The van der Waals surface area contributed by atoms with Gasteiger partial charge in [0, 0.05) is 31.7 Å². The molecule has 0 bridgehead atoms. The van der Waals surface area contributed by atoms with Crippen LogP contribution in [0, 0.1) is 0 Å². The Morgan fingerprint density at radius 1 is 1.35 bits per heavy atom. The Balaban J connectivity index is 2.17. The van der Waals surface area contributed by atoms with Crippen molar-refractivity contribution in [2.75, 3.05) is 31.6 Å². The van der Waals surface area contributed by atoms with Crippen LogP contribution in [0.5, 0.6) is 0 Å². The fourth-order valence-electron chi connectivity index (χ4n) is 2.94. The molecule has 1 aromatic heterocycles. The van der Waals surface area contributed by atoms with Gasteiger partial charge in [-0.15, -0.1) is 0 Å². The summed E-state index contributed by atoms with van der Waals surface area (Å²) in [4.78, 5) is 13.4. The lowest BCUT2D eigenvalue weighted by Gasteiger charge is -2.37. The second-order valence-corrected chi connectivity index (χ2v) is 6.19. The van der Waals surface area contributed by atoms with E-state index in [-0.39, 0.29) is 0 Å². The average Bonchev–Trinajstić information content (AvgIpc) is 2.46. The summed E-state index contributed by atoms with van der Waals surface area (Å²) in [7, 11) is 2.14. The number of aromatic nitrogens is 2. The molecule has 2 heterocycles. The second-order valence-electron chi connectivity index (χ2n) is 5.83. The number of rotatable bonds is 4. The third-order valence-electron chi connectivity index (χ3n) is 4.28. The molecule has 5 heteroatoms. The summed E-state index contributed by atoms with van der Waals surface area (Å²) in [6.07, 6.45) is 3.94. The number of anilines is 1. The minimum Gasteiger partial charge on any atom is -0.356 e. The van der Waals surface area contributed by atoms with Crippen LogP contribution in [0.2, 0.25) is 5.15 Å². The fourth-order valence-corrected chi connectivity index (χ4v) is 3.29. The number of likely N-dealkylation sites (tertiary alicyclic amines) is 1. The summed E-state index contributed by atoms with van der Waals surface area (Å²) in [5.74, 6) is 1.33. The highest BCUT2D eigenvalue weighted by Crippen LogP contribution is 2.32. The van der Waals surface area contributed by atoms with Crippen LogP contribution in [0.15, 0.2) is 6.33 Å². The molecule has 0 amide bonds. The molecule has 1 aromatic rings. The maximum atomic E-state index is 6.27. The Labute approximate surface area is 127 Å². The van der Waals surface area contributed by atoms with E-state index in [1.54, 1.807) is 6.33 Å². The highest BCUT2D eigenvalue weighted by molar-refractivity contribution is 6.30. The molecular weight excluding hydrogens is 272 g/mol. The lowest BCUT2D eigenvalue weighted by Crippen LogP contribution is -2.44. The zero-order chi connectivity index (χ0) is 14.7. The van der Waals surface area contributed by atoms with Crippen molar-refractivity contribution in [1.29, 1.82) is 0 Å². The van der Waals surface area contributed by atoms with Crippen molar-refractivity contribution in [3.8, 4) is 0 Å². The van der Waals surface area contributed by atoms with Gasteiger partial charge in [0.25, 0.3) is 0 Å². The third-order valence-corrected chi connectivity index (χ3v) is 4.58. The van der Waals surface area contributed by atoms with Gasteiger partial charge < -0.3 is 9.80 Å². The first-order valence-corrected chi connectivity index (χ1v) is 7.88. The molecule has 0 radical (unpaired) electrons. The molecule has 0 aromatic carbocycles. The molecule has 0 spiro atoms. The molecule has 0 unspecified atom stereocenters. The smallest absolute Gasteiger partial charge is 0.138 e. The van der Waals surface area contributed by atoms with Crippen LogP contribution in [0.25, 0.3) is 0 Å². The number of hydrogen-bond acceptors (Lipinski definition) is 4. The summed E-state index contributed by atoms with van der Waals surface area (Å²) in [6, 6.07) is 0.543. The first-order valence-electron chi connectivity index (χ1n) is 7.50. The highest BCUT2D eigenvalue weighted by Gasteiger charge is 2.25. The van der Waals surface area contributed by atoms with E-state index < -0.39 is 0 Å². The number of nitrogens with zero attached hydrogens (tertiary/aromatic N) is 4. The molecule has 1 aliphatic heterocycles. The van der Waals surface area contributed by atoms with Gasteiger partial charge in [0.15, 0.2) is 0 Å². The van der Waals surface area contributed by atoms with Crippen molar-refractivity contribution in [3.05, 3.63) is 17.0 Å². The average molecular weight is 297 g/mol. The third kappa shape index (κ3) is 3.23. The van der Waals surface area contributed by atoms with Gasteiger partial charge in [-0.2, -0.15) is 0 Å². The van der Waals surface area contributed by atoms with Crippen molar-refractivity contribution in [2.24, 2.45) is 0 Å². The molecule has 0 N–H and O–H groups in total. The van der Waals surface area contributed by atoms with Crippen molar-refractivity contribution < 1.29 is 0 Å². The standard InChI is InChI=1S/C15H25ClN4/c1-5-20-8-6-12(7-9-20)19(4)15-13(11(2)3)14(16)17-10-18-15/h10-12H,5-9H2,1-4H3. The Bertz CT molecular complexity index is 441. The first-order chi connectivity index (χ1) is 9.54. The maximum Gasteiger partial charge on any atom is 0.138 e. The van der Waals surface area contributed by atoms with E-state index in [2.05, 4.69) is 47.6 Å². The largest absolute Gasteiger partial charge is 0.356 e. The summed E-state index contributed by atoms with van der Waals surface area (Å²) in [5, 5.41) is 0.586. The van der Waals surface area contributed by atoms with E-state index in [1.165, 1.54) is 25.9 Å². The molecule has 112 valence electrons. The van der Waals surface area contributed by atoms with Crippen molar-refractivity contribution >= 4 is 17.4 Å². The van der Waals surface area contributed by atoms with Crippen LogP contribution in [-0.4, -0.2) is 47.6 Å². The van der Waals surface area contributed by atoms with Crippen LogP contribution < -0.4 is 4.90 Å². The zero-order valence-corrected chi connectivity index (χ0v) is 13.7. The normalized spacial score (nSPS) is 17.7. The Morgan fingerprint density at radius 3 is 2.55 bits per heavy atom. The SMILES string of the molecule is CCN1CCC(N(C)c2ncnc(Cl)c2C(C)C)CC1. The van der Waals surface area contributed by atoms with Crippen molar-refractivity contribution in [1.82, 2.24) is 14.9 Å². The highest BCUT2D eigenvalue weighted by atomic mass is 35.5. The first kappa shape index (κ1) is 15.5. The lowest BCUT2D eigenvalue weighted by molar-refractivity contribution is 0.220. The van der Waals surface area contributed by atoms with Crippen LogP contribution in [0.3, 0.4) is 0 Å². The van der Waals surface area contributed by atoms with E-state index in [9.17, 15) is 0 Å². The predicted molar refractivity (Wildman–Crippen MR) is 84.7 cm³/mol. The lowest BCUT2D eigenvalue weighted by atomic mass is 10.0. The van der Waals surface area contributed by atoms with Crippen molar-refractivity contribution in [3.63, 3.8) is 0 Å². The topological polar surface area (TPSA) is 32.3 Å². The summed E-state index contributed by atoms with van der Waals surface area (Å²) in [5.41, 5.74) is 1.06. The Kier molecular flexibility index (Phi) is 5.22. The maximum absolute atomic E-state index is 6.27. The molecule has 0 atom stereocenters. The van der Waals surface area contributed by atoms with Gasteiger partial charge in [-0.3, -0.25) is 0 Å². The van der Waals surface area contributed by atoms with E-state index in [0.29, 0.717) is 17.1 Å². The molecule has 0 saturated carbocycles. The Hall–Kier alpha value is -0.870. The minimum absolute atomic E-state index is 0.330. The molecule has 1 aliphatic rings. The van der Waals surface area contributed by atoms with Gasteiger partial charge in [0.05, 0.1) is 0 Å². The van der Waals surface area contributed by atoms with Gasteiger partial charge in [-0.1, -0.05) is 32.4 Å². The van der Waals surface area contributed by atoms with Crippen LogP contribution in [0.1, 0.15) is 45.1 Å². The number of halogens is 1. The molecule has 1 fully saturated rings. The zero-order valence-electron chi connectivity index (χ0n) is 12.9. The Morgan fingerprint density at radius 2 is 2.00 bits per heavy atom. The summed E-state index contributed by atoms with van der Waals surface area (Å²) >= 11 is 6.27. The van der Waals surface area contributed by atoms with Crippen molar-refractivity contribution in [2.45, 2.75) is 45.6 Å². The number of piperidine rings is 1. The molecule has 20 heavy (non-hydrogen) atoms. The predicted octanol–water partition coefficient (Wildman–Crippen LogP) is 3.17. The molecule has 2 rings (SSSR count). The summed E-state index contributed by atoms with van der Waals surface area (Å²) < 4.78 is 0. The molecule has 0 aliphatic carbocycles. The van der Waals surface area contributed by atoms with Gasteiger partial charge >= 0.3 is 0 Å². The number of hydrogen-bond donors (Lipinski definition) is 0. The molecule has 4 nitrogen and oxygen atoms in total. The minimum atomic E-state index is 0.330. The van der Waals surface area contributed by atoms with Gasteiger partial charge in [0.1, 0.15) is 17.3 Å². The molecular formula is C15H25ClN4. The van der Waals surface area contributed by atoms with Crippen LogP contribution in [-0.2, 0) is 0 Å². The van der Waals surface area contributed by atoms with E-state index in [1.807, 2.05) is 0 Å². The second kappa shape index (κ2) is 6.72. The summed E-state index contributed by atoms with van der Waals surface area (Å²) in [6.45, 7) is 9.99. The van der Waals surface area contributed by atoms with Gasteiger partial charge in [-0.25, -0.2) is 9.97 Å². The van der Waals surface area contributed by atoms with Gasteiger partial charge in [0.2, 0.25) is 0 Å².